The molecule has 0 aliphatic carbocycles. The second kappa shape index (κ2) is 5.97. The normalized spacial score (nSPS) is 11.5. The van der Waals surface area contributed by atoms with Crippen molar-refractivity contribution in [1.29, 1.82) is 0 Å². The number of halogens is 1. The lowest BCUT2D eigenvalue weighted by Crippen LogP contribution is -2.10. The molecule has 0 fully saturated rings. The van der Waals surface area contributed by atoms with Crippen molar-refractivity contribution in [2.75, 3.05) is 5.73 Å². The molecule has 5 aromatic rings. The van der Waals surface area contributed by atoms with E-state index in [1.165, 1.54) is 0 Å². The van der Waals surface area contributed by atoms with Crippen LogP contribution in [-0.4, -0.2) is 20.0 Å². The summed E-state index contributed by atoms with van der Waals surface area (Å²) in [5.74, 6) is 0.729. The highest BCUT2D eigenvalue weighted by Gasteiger charge is 2.25. The van der Waals surface area contributed by atoms with E-state index < -0.39 is 5.56 Å². The largest absolute Gasteiger partial charge is 0.454 e. The van der Waals surface area contributed by atoms with E-state index in [1.807, 2.05) is 49.4 Å². The summed E-state index contributed by atoms with van der Waals surface area (Å²) < 4.78 is 7.81. The second-order valence-corrected chi connectivity index (χ2v) is 6.89. The number of hydrogen-bond donors (Lipinski definition) is 2. The number of hydrogen-bond acceptors (Lipinski definition) is 5. The molecule has 138 valence electrons. The van der Waals surface area contributed by atoms with Gasteiger partial charge in [0.1, 0.15) is 11.3 Å². The first-order chi connectivity index (χ1) is 13.5. The van der Waals surface area contributed by atoms with Gasteiger partial charge in [0.2, 0.25) is 0 Å². The Balaban J connectivity index is 1.95. The van der Waals surface area contributed by atoms with Crippen LogP contribution < -0.4 is 11.3 Å². The zero-order chi connectivity index (χ0) is 19.4. The number of rotatable bonds is 2. The van der Waals surface area contributed by atoms with E-state index in [0.717, 1.165) is 16.6 Å². The van der Waals surface area contributed by atoms with Crippen LogP contribution in [0.2, 0.25) is 5.02 Å². The van der Waals surface area contributed by atoms with Crippen LogP contribution in [0.3, 0.4) is 0 Å². The number of nitrogens with two attached hydrogens (primary N) is 1. The van der Waals surface area contributed by atoms with Crippen LogP contribution in [0.15, 0.2) is 57.7 Å². The minimum absolute atomic E-state index is 0.171. The first-order valence-electron chi connectivity index (χ1n) is 8.56. The number of para-hydroxylation sites is 1. The summed E-state index contributed by atoms with van der Waals surface area (Å²) in [5.41, 5.74) is 8.78. The van der Waals surface area contributed by atoms with E-state index in [0.29, 0.717) is 27.4 Å². The van der Waals surface area contributed by atoms with Crippen molar-refractivity contribution in [1.82, 2.24) is 20.0 Å². The Morgan fingerprint density at radius 3 is 2.75 bits per heavy atom. The molecular formula is C20H14ClN5O2. The molecule has 0 radical (unpaired) electrons. The fourth-order valence-corrected chi connectivity index (χ4v) is 3.59. The van der Waals surface area contributed by atoms with E-state index in [9.17, 15) is 4.79 Å². The van der Waals surface area contributed by atoms with Gasteiger partial charge in [-0.2, -0.15) is 10.2 Å². The van der Waals surface area contributed by atoms with Crippen molar-refractivity contribution < 1.29 is 4.42 Å². The monoisotopic (exact) mass is 391 g/mol. The molecule has 0 bridgehead atoms. The molecule has 0 amide bonds. The number of nitrogens with one attached hydrogen (secondary N) is 1. The molecule has 3 heterocycles. The molecule has 0 saturated heterocycles. The Labute approximate surface area is 163 Å². The number of nitrogens with zero attached hydrogens (tertiary/aromatic N) is 3. The maximum Gasteiger partial charge on any atom is 0.292 e. The molecule has 0 aliphatic rings. The van der Waals surface area contributed by atoms with Gasteiger partial charge in [0.15, 0.2) is 17.1 Å². The van der Waals surface area contributed by atoms with Crippen molar-refractivity contribution in [2.24, 2.45) is 0 Å². The number of H-pyrrole nitrogens is 1. The Bertz CT molecular complexity index is 1420. The summed E-state index contributed by atoms with van der Waals surface area (Å²) in [6.45, 7) is 1.94. The van der Waals surface area contributed by atoms with E-state index in [4.69, 9.17) is 21.8 Å². The molecule has 3 aromatic heterocycles. The van der Waals surface area contributed by atoms with Crippen molar-refractivity contribution in [3.05, 3.63) is 69.5 Å². The molecule has 5 rings (SSSR count). The van der Waals surface area contributed by atoms with Gasteiger partial charge in [-0.3, -0.25) is 4.79 Å². The predicted molar refractivity (Wildman–Crippen MR) is 109 cm³/mol. The van der Waals surface area contributed by atoms with Crippen LogP contribution in [0.5, 0.6) is 0 Å². The lowest BCUT2D eigenvalue weighted by atomic mass is 10.1. The summed E-state index contributed by atoms with van der Waals surface area (Å²) >= 11 is 6.12. The van der Waals surface area contributed by atoms with Crippen LogP contribution in [0.4, 0.5) is 5.82 Å². The van der Waals surface area contributed by atoms with Gasteiger partial charge >= 0.3 is 0 Å². The maximum atomic E-state index is 12.4. The molecule has 2 aromatic carbocycles. The van der Waals surface area contributed by atoms with Crippen LogP contribution in [0, 0.1) is 6.92 Å². The number of aromatic amines is 1. The lowest BCUT2D eigenvalue weighted by molar-refractivity contribution is 0.622. The summed E-state index contributed by atoms with van der Waals surface area (Å²) in [7, 11) is 0. The summed E-state index contributed by atoms with van der Waals surface area (Å²) in [6.07, 6.45) is 0. The van der Waals surface area contributed by atoms with Crippen LogP contribution >= 0.6 is 11.6 Å². The van der Waals surface area contributed by atoms with Crippen LogP contribution in [0.1, 0.15) is 5.56 Å². The minimum Gasteiger partial charge on any atom is -0.454 e. The number of benzene rings is 2. The highest BCUT2D eigenvalue weighted by Crippen LogP contribution is 2.39. The van der Waals surface area contributed by atoms with E-state index >= 15 is 0 Å². The van der Waals surface area contributed by atoms with Gasteiger partial charge in [0.05, 0.1) is 11.1 Å². The molecule has 0 saturated carbocycles. The maximum absolute atomic E-state index is 12.4. The number of fused-ring (bicyclic) bond motifs is 2. The van der Waals surface area contributed by atoms with Gasteiger partial charge in [-0.15, -0.1) is 0 Å². The number of nitrogen functional groups attached to an aromatic ring is 1. The van der Waals surface area contributed by atoms with Gasteiger partial charge in [-0.1, -0.05) is 29.8 Å². The molecule has 0 spiro atoms. The highest BCUT2D eigenvalue weighted by molar-refractivity contribution is 6.31. The number of furan rings is 1. The first kappa shape index (κ1) is 16.6. The fraction of sp³-hybridized carbons (Fsp3) is 0.0500. The summed E-state index contributed by atoms with van der Waals surface area (Å²) in [5, 5.41) is 12.8. The Hall–Kier alpha value is -3.58. The SMILES string of the molecule is Cc1c(-c2c3c(N)n[nH]c(=O)c3nn2-c2ccccc2)oc2cc(Cl)ccc12. The lowest BCUT2D eigenvalue weighted by Gasteiger charge is -2.07. The molecule has 0 atom stereocenters. The molecule has 3 N–H and O–H groups in total. The van der Waals surface area contributed by atoms with Crippen molar-refractivity contribution in [3.8, 4) is 17.1 Å². The third-order valence-electron chi connectivity index (χ3n) is 4.75. The standard InChI is InChI=1S/C20H14ClN5O2/c1-10-13-8-7-11(21)9-14(13)28-18(10)17-15-16(20(27)24-23-19(15)22)25-26(17)12-5-3-2-4-6-12/h2-9H,1H3,(H2,22,23)(H,24,27). The van der Waals surface area contributed by atoms with Gasteiger partial charge < -0.3 is 10.2 Å². The Morgan fingerprint density at radius 1 is 1.18 bits per heavy atom. The summed E-state index contributed by atoms with van der Waals surface area (Å²) in [4.78, 5) is 12.4. The van der Waals surface area contributed by atoms with Gasteiger partial charge in [-0.25, -0.2) is 9.78 Å². The van der Waals surface area contributed by atoms with Crippen molar-refractivity contribution >= 4 is 39.3 Å². The molecule has 0 aliphatic heterocycles. The fourth-order valence-electron chi connectivity index (χ4n) is 3.43. The molecule has 7 nitrogen and oxygen atoms in total. The van der Waals surface area contributed by atoms with Gasteiger partial charge in [-0.05, 0) is 31.2 Å². The summed E-state index contributed by atoms with van der Waals surface area (Å²) in [6, 6.07) is 14.9. The zero-order valence-corrected chi connectivity index (χ0v) is 15.5. The number of aryl methyl sites for hydroxylation is 1. The second-order valence-electron chi connectivity index (χ2n) is 6.45. The van der Waals surface area contributed by atoms with Crippen molar-refractivity contribution in [3.63, 3.8) is 0 Å². The van der Waals surface area contributed by atoms with Gasteiger partial charge in [0, 0.05) is 22.0 Å². The molecule has 28 heavy (non-hydrogen) atoms. The minimum atomic E-state index is -0.420. The average Bonchev–Trinajstić information content (AvgIpc) is 3.24. The first-order valence-corrected chi connectivity index (χ1v) is 8.93. The molecule has 8 heteroatoms. The van der Waals surface area contributed by atoms with E-state index in [1.54, 1.807) is 10.7 Å². The molecular weight excluding hydrogens is 378 g/mol. The Kier molecular flexibility index (Phi) is 3.53. The number of aromatic nitrogens is 4. The topological polar surface area (TPSA) is 103 Å². The van der Waals surface area contributed by atoms with E-state index in [2.05, 4.69) is 15.3 Å². The predicted octanol–water partition coefficient (Wildman–Crippen LogP) is 4.07. The average molecular weight is 392 g/mol. The smallest absolute Gasteiger partial charge is 0.292 e. The number of anilines is 1. The third kappa shape index (κ3) is 2.33. The van der Waals surface area contributed by atoms with Gasteiger partial charge in [0.25, 0.3) is 5.56 Å². The molecule has 0 unspecified atom stereocenters. The zero-order valence-electron chi connectivity index (χ0n) is 14.7. The third-order valence-corrected chi connectivity index (χ3v) is 4.99. The van der Waals surface area contributed by atoms with Crippen molar-refractivity contribution in [2.45, 2.75) is 6.92 Å². The van der Waals surface area contributed by atoms with Crippen LogP contribution in [0.25, 0.3) is 39.0 Å². The quantitative estimate of drug-likeness (QED) is 0.472. The highest BCUT2D eigenvalue weighted by atomic mass is 35.5. The van der Waals surface area contributed by atoms with Crippen LogP contribution in [-0.2, 0) is 0 Å². The Morgan fingerprint density at radius 2 is 1.96 bits per heavy atom. The van der Waals surface area contributed by atoms with E-state index in [-0.39, 0.29) is 11.3 Å².